The molecule has 7 aliphatic rings. The van der Waals surface area contributed by atoms with Crippen molar-refractivity contribution >= 4 is 23.9 Å². The average molecular weight is 565 g/mol. The van der Waals surface area contributed by atoms with Crippen molar-refractivity contribution in [3.63, 3.8) is 0 Å². The number of carboxylic acids is 1. The molecule has 40 heavy (non-hydrogen) atoms. The molecule has 0 spiro atoms. The molecule has 0 aromatic carbocycles. The molecule has 0 radical (unpaired) electrons. The highest BCUT2D eigenvalue weighted by Gasteiger charge is 2.77. The summed E-state index contributed by atoms with van der Waals surface area (Å²) in [6.07, 6.45) is 4.75. The van der Waals surface area contributed by atoms with E-state index in [9.17, 15) is 24.3 Å². The van der Waals surface area contributed by atoms with Crippen molar-refractivity contribution in [1.29, 1.82) is 0 Å². The highest BCUT2D eigenvalue weighted by molar-refractivity contribution is 5.91. The molecule has 3 aliphatic heterocycles. The van der Waals surface area contributed by atoms with Crippen LogP contribution in [0.2, 0.25) is 0 Å². The highest BCUT2D eigenvalue weighted by Crippen LogP contribution is 2.75. The maximum Gasteiger partial charge on any atom is 0.314 e. The molecule has 3 heterocycles. The Labute approximate surface area is 233 Å². The first-order valence-corrected chi connectivity index (χ1v) is 14.9. The van der Waals surface area contributed by atoms with Crippen molar-refractivity contribution in [2.24, 2.45) is 21.7 Å². The molecule has 11 nitrogen and oxygen atoms in total. The fourth-order valence-corrected chi connectivity index (χ4v) is 8.66. The monoisotopic (exact) mass is 564 g/mol. The smallest absolute Gasteiger partial charge is 0.314 e. The number of rotatable bonds is 7. The molecule has 1 N–H and O–H groups in total. The molecule has 7 fully saturated rings. The van der Waals surface area contributed by atoms with Gasteiger partial charge >= 0.3 is 23.9 Å². The number of carbonyl (C=O) groups is 4. The Morgan fingerprint density at radius 3 is 1.05 bits per heavy atom. The van der Waals surface area contributed by atoms with E-state index < -0.39 is 64.4 Å². The van der Waals surface area contributed by atoms with Crippen LogP contribution in [0.1, 0.15) is 96.3 Å². The van der Waals surface area contributed by atoms with E-state index >= 15 is 0 Å². The second-order valence-corrected chi connectivity index (χ2v) is 13.1. The van der Waals surface area contributed by atoms with Gasteiger partial charge in [0.15, 0.2) is 0 Å². The summed E-state index contributed by atoms with van der Waals surface area (Å²) in [6, 6.07) is 0. The van der Waals surface area contributed by atoms with Crippen LogP contribution >= 0.6 is 0 Å². The third kappa shape index (κ3) is 4.91. The Morgan fingerprint density at radius 1 is 0.500 bits per heavy atom. The lowest BCUT2D eigenvalue weighted by molar-refractivity contribution is -0.256. The van der Waals surface area contributed by atoms with E-state index in [1.165, 1.54) is 0 Å². The van der Waals surface area contributed by atoms with Crippen LogP contribution in [-0.2, 0) is 47.6 Å². The summed E-state index contributed by atoms with van der Waals surface area (Å²) in [5.41, 5.74) is -5.59. The quantitative estimate of drug-likeness (QED) is 0.358. The van der Waals surface area contributed by atoms with Gasteiger partial charge < -0.3 is 33.5 Å². The van der Waals surface area contributed by atoms with Crippen molar-refractivity contribution < 1.29 is 52.7 Å². The summed E-state index contributed by atoms with van der Waals surface area (Å²) in [5, 5.41) is 10.6. The predicted molar refractivity (Wildman–Crippen MR) is 134 cm³/mol. The zero-order valence-corrected chi connectivity index (χ0v) is 23.0. The van der Waals surface area contributed by atoms with Gasteiger partial charge in [-0.3, -0.25) is 19.2 Å². The second kappa shape index (κ2) is 10.5. The molecular formula is C29H40O11. The molecule has 222 valence electrons. The van der Waals surface area contributed by atoms with Gasteiger partial charge in [0.25, 0.3) is 0 Å². The summed E-state index contributed by atoms with van der Waals surface area (Å²) < 4.78 is 34.5. The fourth-order valence-electron chi connectivity index (χ4n) is 8.66. The molecule has 0 aromatic heterocycles. The van der Waals surface area contributed by atoms with Crippen molar-refractivity contribution in [2.75, 3.05) is 19.8 Å². The van der Waals surface area contributed by atoms with Crippen LogP contribution in [0.4, 0.5) is 0 Å². The highest BCUT2D eigenvalue weighted by atomic mass is 16.7. The summed E-state index contributed by atoms with van der Waals surface area (Å²) in [4.78, 5) is 55.0. The van der Waals surface area contributed by atoms with Crippen LogP contribution in [0.3, 0.4) is 0 Å². The van der Waals surface area contributed by atoms with Crippen LogP contribution in [-0.4, -0.2) is 67.7 Å². The minimum atomic E-state index is -1.49. The van der Waals surface area contributed by atoms with Gasteiger partial charge in [-0.15, -0.1) is 0 Å². The molecule has 3 unspecified atom stereocenters. The first kappa shape index (κ1) is 27.9. The number of ether oxygens (including phenoxy) is 6. The van der Waals surface area contributed by atoms with Crippen LogP contribution in [0.5, 0.6) is 0 Å². The lowest BCUT2D eigenvalue weighted by Crippen LogP contribution is -2.69. The number of esters is 3. The van der Waals surface area contributed by atoms with Crippen LogP contribution < -0.4 is 0 Å². The minimum absolute atomic E-state index is 0.00912. The number of hydrogen-bond donors (Lipinski definition) is 1. The van der Waals surface area contributed by atoms with Crippen LogP contribution in [0, 0.1) is 21.7 Å². The number of hydrogen-bond acceptors (Lipinski definition) is 10. The zero-order valence-electron chi connectivity index (χ0n) is 23.0. The summed E-state index contributed by atoms with van der Waals surface area (Å²) in [6.45, 7) is 1.41. The van der Waals surface area contributed by atoms with Gasteiger partial charge in [-0.25, -0.2) is 0 Å². The van der Waals surface area contributed by atoms with Gasteiger partial charge in [0.05, 0.1) is 41.5 Å². The van der Waals surface area contributed by atoms with E-state index in [0.29, 0.717) is 39.1 Å². The molecule has 4 saturated carbocycles. The first-order valence-electron chi connectivity index (χ1n) is 14.9. The molecule has 3 atom stereocenters. The summed E-state index contributed by atoms with van der Waals surface area (Å²) >= 11 is 0. The largest absolute Gasteiger partial charge is 0.481 e. The van der Waals surface area contributed by atoms with E-state index in [-0.39, 0.29) is 38.5 Å². The molecule has 3 saturated heterocycles. The SMILES string of the molecule is O=C(O)C12CC3(C(=O)OC4CCCCO4)CC(C(=O)OC4CCCCO4)(C1)CC(C(=O)OC1CCCCO1)(C2)C3. The van der Waals surface area contributed by atoms with Gasteiger partial charge in [0.1, 0.15) is 0 Å². The fraction of sp³-hybridized carbons (Fsp3) is 0.862. The molecule has 4 aliphatic carbocycles. The Kier molecular flexibility index (Phi) is 7.36. The summed E-state index contributed by atoms with van der Waals surface area (Å²) in [5.74, 6) is -2.96. The molecular weight excluding hydrogens is 524 g/mol. The molecule has 11 heteroatoms. The standard InChI is InChI=1S/C29H40O11/c30-22(31)26-13-27(23(32)38-19-7-1-4-10-35-19)16-28(14-26,24(33)39-20-8-2-5-11-36-20)18-29(15-26,17-27)25(34)40-21-9-3-6-12-37-21/h19-21H,1-18H2,(H,30,31). The third-order valence-electron chi connectivity index (χ3n) is 9.94. The van der Waals surface area contributed by atoms with Gasteiger partial charge in [0.2, 0.25) is 18.9 Å². The van der Waals surface area contributed by atoms with Gasteiger partial charge in [-0.1, -0.05) is 0 Å². The molecule has 0 amide bonds. The first-order chi connectivity index (χ1) is 19.2. The Balaban J connectivity index is 1.36. The van der Waals surface area contributed by atoms with E-state index in [0.717, 1.165) is 38.5 Å². The van der Waals surface area contributed by atoms with Gasteiger partial charge in [0, 0.05) is 19.3 Å². The van der Waals surface area contributed by atoms with E-state index in [4.69, 9.17) is 28.4 Å². The van der Waals surface area contributed by atoms with Gasteiger partial charge in [-0.05, 0) is 77.0 Å². The third-order valence-corrected chi connectivity index (χ3v) is 9.94. The van der Waals surface area contributed by atoms with Crippen molar-refractivity contribution in [2.45, 2.75) is 115 Å². The van der Waals surface area contributed by atoms with Crippen molar-refractivity contribution in [3.05, 3.63) is 0 Å². The Morgan fingerprint density at radius 2 is 0.800 bits per heavy atom. The van der Waals surface area contributed by atoms with E-state index in [2.05, 4.69) is 0 Å². The minimum Gasteiger partial charge on any atom is -0.481 e. The van der Waals surface area contributed by atoms with Crippen molar-refractivity contribution in [3.8, 4) is 0 Å². The van der Waals surface area contributed by atoms with Crippen molar-refractivity contribution in [1.82, 2.24) is 0 Å². The zero-order chi connectivity index (χ0) is 28.0. The summed E-state index contributed by atoms with van der Waals surface area (Å²) in [7, 11) is 0. The maximum absolute atomic E-state index is 14.0. The van der Waals surface area contributed by atoms with Gasteiger partial charge in [-0.2, -0.15) is 0 Å². The number of carboxylic acid groups (broad SMARTS) is 1. The number of aliphatic carboxylic acids is 1. The molecule has 4 bridgehead atoms. The Hall–Kier alpha value is -2.24. The van der Waals surface area contributed by atoms with Crippen LogP contribution in [0.15, 0.2) is 0 Å². The van der Waals surface area contributed by atoms with Crippen LogP contribution in [0.25, 0.3) is 0 Å². The second-order valence-electron chi connectivity index (χ2n) is 13.1. The lowest BCUT2D eigenvalue weighted by atomic mass is 9.35. The lowest BCUT2D eigenvalue weighted by Gasteiger charge is -2.66. The number of carbonyl (C=O) groups excluding carboxylic acids is 3. The average Bonchev–Trinajstić information content (AvgIpc) is 2.94. The molecule has 7 rings (SSSR count). The molecule has 0 aromatic rings. The maximum atomic E-state index is 14.0. The van der Waals surface area contributed by atoms with E-state index in [1.54, 1.807) is 0 Å². The van der Waals surface area contributed by atoms with E-state index in [1.807, 2.05) is 0 Å². The normalized spacial score (nSPS) is 42.5. The topological polar surface area (TPSA) is 144 Å². The Bertz CT molecular complexity index is 896. The predicted octanol–water partition coefficient (Wildman–Crippen LogP) is 3.61.